The van der Waals surface area contributed by atoms with Crippen LogP contribution in [0.4, 0.5) is 4.79 Å². The molecule has 23 heavy (non-hydrogen) atoms. The second-order valence-corrected chi connectivity index (χ2v) is 8.89. The molecule has 3 atom stereocenters. The number of fused-ring (bicyclic) bond motifs is 1. The van der Waals surface area contributed by atoms with Gasteiger partial charge in [0.1, 0.15) is 5.60 Å². The van der Waals surface area contributed by atoms with Crippen LogP contribution in [0.25, 0.3) is 0 Å². The molecule has 3 aliphatic rings. The van der Waals surface area contributed by atoms with Crippen LogP contribution in [0.1, 0.15) is 40.5 Å². The van der Waals surface area contributed by atoms with E-state index in [-0.39, 0.29) is 6.09 Å². The molecule has 3 unspecified atom stereocenters. The van der Waals surface area contributed by atoms with Crippen molar-refractivity contribution < 1.29 is 9.53 Å². The summed E-state index contributed by atoms with van der Waals surface area (Å²) in [5.74, 6) is 0.684. The highest BCUT2D eigenvalue weighted by atomic mass is 16.6. The molecule has 1 saturated carbocycles. The summed E-state index contributed by atoms with van der Waals surface area (Å²) in [4.78, 5) is 19.3. The first-order valence-electron chi connectivity index (χ1n) is 9.13. The van der Waals surface area contributed by atoms with E-state index in [0.29, 0.717) is 17.4 Å². The van der Waals surface area contributed by atoms with Gasteiger partial charge in [-0.05, 0) is 59.7 Å². The molecule has 5 heteroatoms. The molecule has 2 heterocycles. The molecule has 3 rings (SSSR count). The van der Waals surface area contributed by atoms with Crippen LogP contribution in [0, 0.1) is 11.3 Å². The lowest BCUT2D eigenvalue weighted by Crippen LogP contribution is -2.43. The Labute approximate surface area is 140 Å². The normalized spacial score (nSPS) is 34.1. The van der Waals surface area contributed by atoms with Crippen LogP contribution < -0.4 is 0 Å². The predicted molar refractivity (Wildman–Crippen MR) is 91.5 cm³/mol. The molecular weight excluding hydrogens is 290 g/mol. The summed E-state index contributed by atoms with van der Waals surface area (Å²) in [6.45, 7) is 14.5. The van der Waals surface area contributed by atoms with Crippen LogP contribution in [0.2, 0.25) is 0 Å². The largest absolute Gasteiger partial charge is 0.444 e. The van der Waals surface area contributed by atoms with E-state index in [1.165, 1.54) is 25.9 Å². The van der Waals surface area contributed by atoms with Gasteiger partial charge < -0.3 is 14.5 Å². The lowest BCUT2D eigenvalue weighted by atomic mass is 10.0. The molecule has 1 amide bonds. The predicted octanol–water partition coefficient (Wildman–Crippen LogP) is 2.27. The second kappa shape index (κ2) is 5.92. The molecule has 0 N–H and O–H groups in total. The lowest BCUT2D eigenvalue weighted by Gasteiger charge is -2.32. The summed E-state index contributed by atoms with van der Waals surface area (Å²) in [6, 6.07) is 0.691. The van der Waals surface area contributed by atoms with Gasteiger partial charge in [0.05, 0.1) is 0 Å². The van der Waals surface area contributed by atoms with E-state index in [0.717, 1.165) is 26.2 Å². The fraction of sp³-hybridized carbons (Fsp3) is 0.944. The van der Waals surface area contributed by atoms with Crippen LogP contribution in [-0.2, 0) is 4.74 Å². The average Bonchev–Trinajstić information content (AvgIpc) is 2.80. The zero-order chi connectivity index (χ0) is 16.8. The van der Waals surface area contributed by atoms with Gasteiger partial charge in [0.2, 0.25) is 0 Å². The molecule has 2 saturated heterocycles. The van der Waals surface area contributed by atoms with Crippen molar-refractivity contribution in [3.05, 3.63) is 0 Å². The zero-order valence-corrected chi connectivity index (χ0v) is 15.5. The van der Waals surface area contributed by atoms with Gasteiger partial charge in [-0.15, -0.1) is 0 Å². The number of likely N-dealkylation sites (N-methyl/N-ethyl adjacent to an activating group) is 2. The second-order valence-electron chi connectivity index (χ2n) is 8.89. The molecule has 1 aliphatic carbocycles. The maximum Gasteiger partial charge on any atom is 0.410 e. The van der Waals surface area contributed by atoms with Crippen LogP contribution in [-0.4, -0.2) is 78.8 Å². The highest BCUT2D eigenvalue weighted by molar-refractivity contribution is 5.69. The standard InChI is InChI=1S/C18H33N3O2/c1-6-20(15-7-8-19(5)11-15)12-18-9-14(18)10-21(13-18)16(22)23-17(2,3)4/h14-15H,6-13H2,1-5H3. The van der Waals surface area contributed by atoms with Crippen molar-refractivity contribution in [1.82, 2.24) is 14.7 Å². The number of piperidine rings is 1. The maximum atomic E-state index is 12.3. The average molecular weight is 323 g/mol. The van der Waals surface area contributed by atoms with E-state index in [4.69, 9.17) is 4.74 Å². The molecule has 0 aromatic carbocycles. The van der Waals surface area contributed by atoms with E-state index in [2.05, 4.69) is 23.8 Å². The Morgan fingerprint density at radius 3 is 2.65 bits per heavy atom. The number of likely N-dealkylation sites (tertiary alicyclic amines) is 2. The third-order valence-corrected chi connectivity index (χ3v) is 5.76. The first-order valence-corrected chi connectivity index (χ1v) is 9.13. The van der Waals surface area contributed by atoms with Gasteiger partial charge >= 0.3 is 6.09 Å². The number of nitrogens with zero attached hydrogens (tertiary/aromatic N) is 3. The Hall–Kier alpha value is -0.810. The van der Waals surface area contributed by atoms with Crippen molar-refractivity contribution in [2.24, 2.45) is 11.3 Å². The van der Waals surface area contributed by atoms with Gasteiger partial charge in [-0.2, -0.15) is 0 Å². The molecule has 3 fully saturated rings. The fourth-order valence-electron chi connectivity index (χ4n) is 4.42. The number of rotatable bonds is 4. The molecule has 0 radical (unpaired) electrons. The highest BCUT2D eigenvalue weighted by Crippen LogP contribution is 2.58. The zero-order valence-electron chi connectivity index (χ0n) is 15.5. The first kappa shape index (κ1) is 17.0. The molecule has 0 spiro atoms. The van der Waals surface area contributed by atoms with Crippen LogP contribution in [0.5, 0.6) is 0 Å². The smallest absolute Gasteiger partial charge is 0.410 e. The Balaban J connectivity index is 1.56. The molecular formula is C18H33N3O2. The lowest BCUT2D eigenvalue weighted by molar-refractivity contribution is 0.0252. The Morgan fingerprint density at radius 2 is 2.09 bits per heavy atom. The van der Waals surface area contributed by atoms with E-state index < -0.39 is 5.60 Å². The molecule has 0 aromatic heterocycles. The number of hydrogen-bond donors (Lipinski definition) is 0. The highest BCUT2D eigenvalue weighted by Gasteiger charge is 2.61. The number of ether oxygens (including phenoxy) is 1. The van der Waals surface area contributed by atoms with Crippen molar-refractivity contribution in [1.29, 1.82) is 0 Å². The number of carbonyl (C=O) groups excluding carboxylic acids is 1. The van der Waals surface area contributed by atoms with Crippen molar-refractivity contribution >= 4 is 6.09 Å². The molecule has 0 aromatic rings. The van der Waals surface area contributed by atoms with Crippen molar-refractivity contribution in [3.8, 4) is 0 Å². The summed E-state index contributed by atoms with van der Waals surface area (Å²) in [6.07, 6.45) is 2.43. The van der Waals surface area contributed by atoms with E-state index in [1.807, 2.05) is 25.7 Å². The van der Waals surface area contributed by atoms with Crippen LogP contribution in [0.3, 0.4) is 0 Å². The van der Waals surface area contributed by atoms with Crippen molar-refractivity contribution in [2.45, 2.75) is 52.2 Å². The molecule has 132 valence electrons. The first-order chi connectivity index (χ1) is 10.7. The van der Waals surface area contributed by atoms with Gasteiger partial charge in [-0.25, -0.2) is 4.79 Å². The monoisotopic (exact) mass is 323 g/mol. The van der Waals surface area contributed by atoms with Crippen molar-refractivity contribution in [3.63, 3.8) is 0 Å². The summed E-state index contributed by atoms with van der Waals surface area (Å²) in [5.41, 5.74) is -0.0605. The Kier molecular flexibility index (Phi) is 4.38. The minimum absolute atomic E-state index is 0.132. The fourth-order valence-corrected chi connectivity index (χ4v) is 4.42. The molecule has 5 nitrogen and oxygen atoms in total. The van der Waals surface area contributed by atoms with Gasteiger partial charge in [-0.1, -0.05) is 6.92 Å². The summed E-state index contributed by atoms with van der Waals surface area (Å²) >= 11 is 0. The third kappa shape index (κ3) is 3.66. The number of carbonyl (C=O) groups is 1. The third-order valence-electron chi connectivity index (χ3n) is 5.76. The maximum absolute atomic E-state index is 12.3. The molecule has 0 bridgehead atoms. The Bertz CT molecular complexity index is 462. The van der Waals surface area contributed by atoms with Gasteiger partial charge in [0.15, 0.2) is 0 Å². The molecule has 2 aliphatic heterocycles. The van der Waals surface area contributed by atoms with Gasteiger partial charge in [0.25, 0.3) is 0 Å². The Morgan fingerprint density at radius 1 is 1.35 bits per heavy atom. The van der Waals surface area contributed by atoms with E-state index in [1.54, 1.807) is 0 Å². The summed E-state index contributed by atoms with van der Waals surface area (Å²) in [5, 5.41) is 0. The van der Waals surface area contributed by atoms with Crippen LogP contribution in [0.15, 0.2) is 0 Å². The number of hydrogen-bond acceptors (Lipinski definition) is 4. The summed E-state index contributed by atoms with van der Waals surface area (Å²) in [7, 11) is 2.21. The topological polar surface area (TPSA) is 36.0 Å². The minimum Gasteiger partial charge on any atom is -0.444 e. The van der Waals surface area contributed by atoms with Crippen molar-refractivity contribution in [2.75, 3.05) is 46.3 Å². The summed E-state index contributed by atoms with van der Waals surface area (Å²) < 4.78 is 5.55. The van der Waals surface area contributed by atoms with Gasteiger partial charge in [-0.3, -0.25) is 4.90 Å². The SMILES string of the molecule is CCN(CC12CC1CN(C(=O)OC(C)(C)C)C2)C1CCN(C)C1. The van der Waals surface area contributed by atoms with Crippen LogP contribution >= 0.6 is 0 Å². The quantitative estimate of drug-likeness (QED) is 0.795. The van der Waals surface area contributed by atoms with Gasteiger partial charge in [0, 0.05) is 37.6 Å². The minimum atomic E-state index is -0.402. The van der Waals surface area contributed by atoms with E-state index >= 15 is 0 Å². The van der Waals surface area contributed by atoms with E-state index in [9.17, 15) is 4.79 Å². The number of amides is 1.